The van der Waals surface area contributed by atoms with E-state index in [9.17, 15) is 13.2 Å². The molecule has 1 aliphatic rings. The number of amides is 1. The number of sulfonamides is 1. The molecule has 0 radical (unpaired) electrons. The van der Waals surface area contributed by atoms with E-state index < -0.39 is 16.1 Å². The van der Waals surface area contributed by atoms with Gasteiger partial charge < -0.3 is 5.32 Å². The Hall–Kier alpha value is -1.89. The van der Waals surface area contributed by atoms with Crippen LogP contribution in [-0.2, 0) is 14.8 Å². The third-order valence-corrected chi connectivity index (χ3v) is 6.72. The lowest BCUT2D eigenvalue weighted by Gasteiger charge is -2.33. The van der Waals surface area contributed by atoms with Crippen molar-refractivity contribution in [2.45, 2.75) is 37.1 Å². The summed E-state index contributed by atoms with van der Waals surface area (Å²) in [5.74, 6) is -0.352. The quantitative estimate of drug-likeness (QED) is 0.859. The van der Waals surface area contributed by atoms with Gasteiger partial charge in [-0.15, -0.1) is 0 Å². The number of carbonyl (C=O) groups excluding carboxylic acids is 1. The van der Waals surface area contributed by atoms with Crippen LogP contribution in [0.3, 0.4) is 0 Å². The number of benzene rings is 2. The molecule has 1 atom stereocenters. The van der Waals surface area contributed by atoms with Gasteiger partial charge >= 0.3 is 0 Å². The van der Waals surface area contributed by atoms with Crippen LogP contribution in [0.4, 0.5) is 5.69 Å². The Labute approximate surface area is 159 Å². The number of anilines is 1. The zero-order chi connectivity index (χ0) is 18.7. The van der Waals surface area contributed by atoms with Gasteiger partial charge in [-0.2, -0.15) is 4.31 Å². The van der Waals surface area contributed by atoms with Gasteiger partial charge in [0.05, 0.1) is 15.6 Å². The molecular weight excluding hydrogens is 372 g/mol. The maximum absolute atomic E-state index is 13.0. The molecule has 7 heteroatoms. The van der Waals surface area contributed by atoms with E-state index in [1.807, 2.05) is 13.0 Å². The van der Waals surface area contributed by atoms with Crippen molar-refractivity contribution in [2.75, 3.05) is 11.9 Å². The Bertz CT molecular complexity index is 900. The van der Waals surface area contributed by atoms with Gasteiger partial charge in [-0.1, -0.05) is 42.3 Å². The molecule has 1 amide bonds. The smallest absolute Gasteiger partial charge is 0.243 e. The van der Waals surface area contributed by atoms with E-state index in [1.54, 1.807) is 42.5 Å². The van der Waals surface area contributed by atoms with E-state index in [1.165, 1.54) is 4.31 Å². The fraction of sp³-hybridized carbons (Fsp3) is 0.316. The topological polar surface area (TPSA) is 66.5 Å². The van der Waals surface area contributed by atoms with Crippen molar-refractivity contribution in [2.24, 2.45) is 0 Å². The Morgan fingerprint density at radius 3 is 2.58 bits per heavy atom. The Morgan fingerprint density at radius 1 is 1.15 bits per heavy atom. The number of nitrogens with one attached hydrogen (secondary N) is 1. The van der Waals surface area contributed by atoms with Crippen LogP contribution >= 0.6 is 11.6 Å². The summed E-state index contributed by atoms with van der Waals surface area (Å²) in [4.78, 5) is 13.0. The first kappa shape index (κ1) is 18.9. The molecule has 2 aromatic carbocycles. The lowest BCUT2D eigenvalue weighted by molar-refractivity contribution is -0.120. The molecule has 0 aliphatic carbocycles. The zero-order valence-electron chi connectivity index (χ0n) is 14.5. The Morgan fingerprint density at radius 2 is 1.88 bits per heavy atom. The van der Waals surface area contributed by atoms with Gasteiger partial charge in [0.15, 0.2) is 0 Å². The van der Waals surface area contributed by atoms with Crippen molar-refractivity contribution in [3.05, 3.63) is 59.1 Å². The van der Waals surface area contributed by atoms with Crippen molar-refractivity contribution >= 4 is 33.2 Å². The maximum Gasteiger partial charge on any atom is 0.243 e. The monoisotopic (exact) mass is 392 g/mol. The minimum atomic E-state index is -3.73. The van der Waals surface area contributed by atoms with E-state index in [0.29, 0.717) is 23.7 Å². The van der Waals surface area contributed by atoms with E-state index in [0.717, 1.165) is 18.4 Å². The number of halogens is 1. The van der Waals surface area contributed by atoms with Crippen molar-refractivity contribution in [1.29, 1.82) is 0 Å². The predicted octanol–water partition coefficient (Wildman–Crippen LogP) is 3.83. The minimum Gasteiger partial charge on any atom is -0.323 e. The average molecular weight is 393 g/mol. The van der Waals surface area contributed by atoms with E-state index in [2.05, 4.69) is 5.32 Å². The second kappa shape index (κ2) is 7.78. The summed E-state index contributed by atoms with van der Waals surface area (Å²) in [6.45, 7) is 2.24. The van der Waals surface area contributed by atoms with Gasteiger partial charge in [-0.3, -0.25) is 4.79 Å². The number of aryl methyl sites for hydroxylation is 1. The molecule has 5 nitrogen and oxygen atoms in total. The molecule has 0 spiro atoms. The molecule has 138 valence electrons. The highest BCUT2D eigenvalue weighted by molar-refractivity contribution is 7.89. The van der Waals surface area contributed by atoms with Crippen LogP contribution in [0.5, 0.6) is 0 Å². The van der Waals surface area contributed by atoms with E-state index in [-0.39, 0.29) is 10.8 Å². The SMILES string of the molecule is Cc1ccc(NC(=O)[C@H]2CCCCN2S(=O)(=O)c2ccccc2)c(Cl)c1. The normalized spacial score (nSPS) is 18.5. The van der Waals surface area contributed by atoms with Crippen LogP contribution in [0.25, 0.3) is 0 Å². The first-order valence-electron chi connectivity index (χ1n) is 8.53. The molecular formula is C19H21ClN2O3S. The Balaban J connectivity index is 1.86. The molecule has 1 saturated heterocycles. The van der Waals surface area contributed by atoms with E-state index >= 15 is 0 Å². The lowest BCUT2D eigenvalue weighted by atomic mass is 10.0. The first-order valence-corrected chi connectivity index (χ1v) is 10.4. The molecule has 1 N–H and O–H groups in total. The number of nitrogens with zero attached hydrogens (tertiary/aromatic N) is 1. The summed E-state index contributed by atoms with van der Waals surface area (Å²) in [6.07, 6.45) is 2.03. The molecule has 0 aromatic heterocycles. The van der Waals surface area contributed by atoms with Crippen LogP contribution in [0.15, 0.2) is 53.4 Å². The predicted molar refractivity (Wildman–Crippen MR) is 103 cm³/mol. The third kappa shape index (κ3) is 3.92. The molecule has 3 rings (SSSR count). The second-order valence-corrected chi connectivity index (χ2v) is 8.71. The number of carbonyl (C=O) groups is 1. The van der Waals surface area contributed by atoms with E-state index in [4.69, 9.17) is 11.6 Å². The number of rotatable bonds is 4. The van der Waals surface area contributed by atoms with Gasteiger partial charge in [0.25, 0.3) is 0 Å². The summed E-state index contributed by atoms with van der Waals surface area (Å²) in [7, 11) is -3.73. The molecule has 26 heavy (non-hydrogen) atoms. The first-order chi connectivity index (χ1) is 12.4. The van der Waals surface area contributed by atoms with Crippen molar-refractivity contribution in [3.63, 3.8) is 0 Å². The van der Waals surface area contributed by atoms with Gasteiger partial charge in [0.1, 0.15) is 6.04 Å². The molecule has 2 aromatic rings. The van der Waals surface area contributed by atoms with Gasteiger partial charge in [-0.25, -0.2) is 8.42 Å². The molecule has 1 fully saturated rings. The molecule has 0 unspecified atom stereocenters. The number of hydrogen-bond donors (Lipinski definition) is 1. The molecule has 0 bridgehead atoms. The van der Waals surface area contributed by atoms with Crippen LogP contribution in [0.2, 0.25) is 5.02 Å². The summed E-state index contributed by atoms with van der Waals surface area (Å²) >= 11 is 6.19. The minimum absolute atomic E-state index is 0.202. The van der Waals surface area contributed by atoms with Crippen molar-refractivity contribution in [3.8, 4) is 0 Å². The standard InChI is InChI=1S/C19H21ClN2O3S/c1-14-10-11-17(16(20)13-14)21-19(23)18-9-5-6-12-22(18)26(24,25)15-7-3-2-4-8-15/h2-4,7-8,10-11,13,18H,5-6,9,12H2,1H3,(H,21,23)/t18-/m1/s1. The van der Waals surface area contributed by atoms with Gasteiger partial charge in [-0.05, 0) is 49.6 Å². The zero-order valence-corrected chi connectivity index (χ0v) is 16.1. The summed E-state index contributed by atoms with van der Waals surface area (Å²) in [6, 6.07) is 12.8. The van der Waals surface area contributed by atoms with Gasteiger partial charge in [0.2, 0.25) is 15.9 Å². The molecule has 1 aliphatic heterocycles. The fourth-order valence-electron chi connectivity index (χ4n) is 3.12. The van der Waals surface area contributed by atoms with Crippen LogP contribution in [-0.4, -0.2) is 31.2 Å². The third-order valence-electron chi connectivity index (χ3n) is 4.49. The van der Waals surface area contributed by atoms with Crippen LogP contribution in [0.1, 0.15) is 24.8 Å². The average Bonchev–Trinajstić information content (AvgIpc) is 2.64. The van der Waals surface area contributed by atoms with Gasteiger partial charge in [0, 0.05) is 6.54 Å². The number of piperidine rings is 1. The summed E-state index contributed by atoms with van der Waals surface area (Å²) < 4.78 is 27.3. The second-order valence-electron chi connectivity index (χ2n) is 6.41. The number of hydrogen-bond acceptors (Lipinski definition) is 3. The van der Waals surface area contributed by atoms with Crippen molar-refractivity contribution < 1.29 is 13.2 Å². The highest BCUT2D eigenvalue weighted by atomic mass is 35.5. The highest BCUT2D eigenvalue weighted by Crippen LogP contribution is 2.28. The largest absolute Gasteiger partial charge is 0.323 e. The fourth-order valence-corrected chi connectivity index (χ4v) is 5.08. The van der Waals surface area contributed by atoms with Crippen LogP contribution in [0, 0.1) is 6.92 Å². The lowest BCUT2D eigenvalue weighted by Crippen LogP contribution is -2.49. The van der Waals surface area contributed by atoms with Crippen LogP contribution < -0.4 is 5.32 Å². The van der Waals surface area contributed by atoms with Crippen molar-refractivity contribution in [1.82, 2.24) is 4.31 Å². The summed E-state index contributed by atoms with van der Waals surface area (Å²) in [5.41, 5.74) is 1.48. The molecule has 1 heterocycles. The molecule has 0 saturated carbocycles. The highest BCUT2D eigenvalue weighted by Gasteiger charge is 2.37. The maximum atomic E-state index is 13.0. The summed E-state index contributed by atoms with van der Waals surface area (Å²) in [5, 5.41) is 3.22. The Kier molecular flexibility index (Phi) is 5.65.